The topological polar surface area (TPSA) is 103 Å². The highest BCUT2D eigenvalue weighted by molar-refractivity contribution is 6.18. The summed E-state index contributed by atoms with van der Waals surface area (Å²) in [6, 6.07) is 22.3. The molecule has 3 N–H and O–H groups in total. The first kappa shape index (κ1) is 18.5. The van der Waals surface area contributed by atoms with Crippen LogP contribution in [0.25, 0.3) is 27.4 Å². The number of pyridine rings is 1. The van der Waals surface area contributed by atoms with Crippen molar-refractivity contribution in [3.8, 4) is 5.69 Å². The van der Waals surface area contributed by atoms with E-state index in [-0.39, 0.29) is 11.6 Å². The van der Waals surface area contributed by atoms with Gasteiger partial charge in [0.2, 0.25) is 0 Å². The maximum Gasteiger partial charge on any atom is 0.269 e. The molecule has 0 aliphatic rings. The normalized spacial score (nSPS) is 11.0. The Kier molecular flexibility index (Phi) is 4.41. The van der Waals surface area contributed by atoms with Crippen molar-refractivity contribution in [3.63, 3.8) is 0 Å². The van der Waals surface area contributed by atoms with E-state index in [1.165, 1.54) is 0 Å². The first-order valence-electron chi connectivity index (χ1n) is 9.64. The first-order chi connectivity index (χ1) is 15.1. The van der Waals surface area contributed by atoms with E-state index in [0.29, 0.717) is 16.8 Å². The van der Waals surface area contributed by atoms with Crippen LogP contribution in [0.2, 0.25) is 0 Å². The average Bonchev–Trinajstić information content (AvgIpc) is 3.30. The van der Waals surface area contributed by atoms with E-state index in [4.69, 9.17) is 5.73 Å². The summed E-state index contributed by atoms with van der Waals surface area (Å²) in [6.45, 7) is 0. The highest BCUT2D eigenvalue weighted by atomic mass is 16.2. The van der Waals surface area contributed by atoms with Crippen LogP contribution in [0.15, 0.2) is 85.2 Å². The van der Waals surface area contributed by atoms with Gasteiger partial charge >= 0.3 is 0 Å². The summed E-state index contributed by atoms with van der Waals surface area (Å²) in [5, 5.41) is 10.0. The van der Waals surface area contributed by atoms with Crippen LogP contribution in [0, 0.1) is 0 Å². The lowest BCUT2D eigenvalue weighted by molar-refractivity contribution is 0.0993. The van der Waals surface area contributed by atoms with E-state index in [0.717, 1.165) is 21.8 Å². The van der Waals surface area contributed by atoms with E-state index in [1.807, 2.05) is 42.5 Å². The fourth-order valence-electron chi connectivity index (χ4n) is 3.60. The number of nitrogens with zero attached hydrogens (tertiary/aromatic N) is 3. The van der Waals surface area contributed by atoms with Crippen LogP contribution in [0.5, 0.6) is 0 Å². The molecule has 0 aliphatic heterocycles. The minimum absolute atomic E-state index is 0.188. The van der Waals surface area contributed by atoms with Crippen molar-refractivity contribution in [3.05, 3.63) is 96.4 Å². The van der Waals surface area contributed by atoms with Crippen molar-refractivity contribution in [1.82, 2.24) is 14.8 Å². The summed E-state index contributed by atoms with van der Waals surface area (Å²) >= 11 is 0. The molecule has 0 aliphatic carbocycles. The number of amides is 2. The first-order valence-corrected chi connectivity index (χ1v) is 9.64. The number of benzene rings is 3. The second-order valence-corrected chi connectivity index (χ2v) is 7.06. The van der Waals surface area contributed by atoms with Crippen LogP contribution < -0.4 is 11.1 Å². The molecule has 0 spiro atoms. The monoisotopic (exact) mass is 407 g/mol. The molecule has 7 nitrogen and oxygen atoms in total. The number of carbonyl (C=O) groups is 2. The zero-order valence-electron chi connectivity index (χ0n) is 16.3. The zero-order valence-corrected chi connectivity index (χ0v) is 16.3. The highest BCUT2D eigenvalue weighted by Gasteiger charge is 2.14. The smallest absolute Gasteiger partial charge is 0.269 e. The van der Waals surface area contributed by atoms with E-state index >= 15 is 0 Å². The second-order valence-electron chi connectivity index (χ2n) is 7.06. The number of rotatable bonds is 4. The molecule has 0 bridgehead atoms. The van der Waals surface area contributed by atoms with Crippen molar-refractivity contribution in [2.45, 2.75) is 0 Å². The Bertz CT molecular complexity index is 1450. The van der Waals surface area contributed by atoms with Gasteiger partial charge in [0.25, 0.3) is 11.8 Å². The Balaban J connectivity index is 1.46. The van der Waals surface area contributed by atoms with E-state index in [2.05, 4.69) is 15.4 Å². The third kappa shape index (κ3) is 3.38. The van der Waals surface area contributed by atoms with Crippen molar-refractivity contribution in [1.29, 1.82) is 0 Å². The molecule has 150 valence electrons. The number of anilines is 1. The van der Waals surface area contributed by atoms with Gasteiger partial charge in [-0.15, -0.1) is 0 Å². The van der Waals surface area contributed by atoms with Gasteiger partial charge in [0.1, 0.15) is 5.69 Å². The molecular weight excluding hydrogens is 390 g/mol. The van der Waals surface area contributed by atoms with Gasteiger partial charge in [-0.3, -0.25) is 14.6 Å². The Labute approximate surface area is 177 Å². The van der Waals surface area contributed by atoms with Gasteiger partial charge in [-0.2, -0.15) is 5.10 Å². The van der Waals surface area contributed by atoms with Crippen molar-refractivity contribution >= 4 is 39.2 Å². The molecule has 0 unspecified atom stereocenters. The molecule has 3 aromatic carbocycles. The molecule has 31 heavy (non-hydrogen) atoms. The summed E-state index contributed by atoms with van der Waals surface area (Å²) in [5.74, 6) is -0.823. The lowest BCUT2D eigenvalue weighted by Gasteiger charge is -2.11. The van der Waals surface area contributed by atoms with Gasteiger partial charge in [-0.05, 0) is 53.2 Å². The maximum atomic E-state index is 13.1. The Morgan fingerprint density at radius 1 is 0.903 bits per heavy atom. The molecule has 7 heteroatoms. The third-order valence-corrected chi connectivity index (χ3v) is 5.09. The predicted molar refractivity (Wildman–Crippen MR) is 119 cm³/mol. The fraction of sp³-hybridized carbons (Fsp3) is 0. The zero-order chi connectivity index (χ0) is 21.4. The van der Waals surface area contributed by atoms with Crippen LogP contribution in [0.3, 0.4) is 0 Å². The number of carbonyl (C=O) groups excluding carboxylic acids is 2. The molecule has 0 saturated carbocycles. The summed E-state index contributed by atoms with van der Waals surface area (Å²) in [7, 11) is 0. The number of primary amides is 1. The van der Waals surface area contributed by atoms with Crippen molar-refractivity contribution in [2.24, 2.45) is 5.73 Å². The Morgan fingerprint density at radius 3 is 2.45 bits per heavy atom. The SMILES string of the molecule is NC(=O)c1ccn(-c2ccc(NC(=O)c3cc4ccccc4c4cccnc34)cc2)n1. The lowest BCUT2D eigenvalue weighted by atomic mass is 10.0. The average molecular weight is 407 g/mol. The quantitative estimate of drug-likeness (QED) is 0.441. The number of hydrogen-bond donors (Lipinski definition) is 2. The third-order valence-electron chi connectivity index (χ3n) is 5.09. The lowest BCUT2D eigenvalue weighted by Crippen LogP contribution is -2.13. The molecule has 0 radical (unpaired) electrons. The molecule has 2 aromatic heterocycles. The van der Waals surface area contributed by atoms with E-state index < -0.39 is 5.91 Å². The summed E-state index contributed by atoms with van der Waals surface area (Å²) in [5.41, 5.74) is 7.97. The van der Waals surface area contributed by atoms with Gasteiger partial charge in [-0.1, -0.05) is 30.3 Å². The molecular formula is C24H17N5O2. The number of nitrogens with two attached hydrogens (primary N) is 1. The van der Waals surface area contributed by atoms with Gasteiger partial charge < -0.3 is 11.1 Å². The van der Waals surface area contributed by atoms with Crippen LogP contribution in [0.1, 0.15) is 20.8 Å². The minimum atomic E-state index is -0.584. The largest absolute Gasteiger partial charge is 0.364 e. The van der Waals surface area contributed by atoms with Crippen LogP contribution in [0.4, 0.5) is 5.69 Å². The van der Waals surface area contributed by atoms with Gasteiger partial charge in [0.15, 0.2) is 0 Å². The summed E-state index contributed by atoms with van der Waals surface area (Å²) in [6.07, 6.45) is 3.34. The standard InChI is InChI=1S/C24H17N5O2/c25-23(30)21-11-13-29(28-21)17-9-7-16(8-10-17)27-24(31)20-14-15-4-1-2-5-18(15)19-6-3-12-26-22(19)20/h1-14H,(H2,25,30)(H,27,31). The summed E-state index contributed by atoms with van der Waals surface area (Å²) < 4.78 is 1.55. The predicted octanol–water partition coefficient (Wildman–Crippen LogP) is 3.92. The van der Waals surface area contributed by atoms with E-state index in [1.54, 1.807) is 47.4 Å². The van der Waals surface area contributed by atoms with Gasteiger partial charge in [0, 0.05) is 23.5 Å². The van der Waals surface area contributed by atoms with Gasteiger partial charge in [-0.25, -0.2) is 4.68 Å². The van der Waals surface area contributed by atoms with Crippen LogP contribution >= 0.6 is 0 Å². The Morgan fingerprint density at radius 2 is 1.68 bits per heavy atom. The number of nitrogens with one attached hydrogen (secondary N) is 1. The number of aromatic nitrogens is 3. The molecule has 0 saturated heterocycles. The van der Waals surface area contributed by atoms with Crippen LogP contribution in [-0.4, -0.2) is 26.6 Å². The Hall–Kier alpha value is -4.52. The molecule has 2 amide bonds. The summed E-state index contributed by atoms with van der Waals surface area (Å²) in [4.78, 5) is 28.8. The molecule has 2 heterocycles. The van der Waals surface area contributed by atoms with Crippen molar-refractivity contribution < 1.29 is 9.59 Å². The molecule has 5 rings (SSSR count). The fourth-order valence-corrected chi connectivity index (χ4v) is 3.60. The van der Waals surface area contributed by atoms with Crippen molar-refractivity contribution in [2.75, 3.05) is 5.32 Å². The molecule has 0 atom stereocenters. The number of hydrogen-bond acceptors (Lipinski definition) is 4. The van der Waals surface area contributed by atoms with E-state index in [9.17, 15) is 9.59 Å². The van der Waals surface area contributed by atoms with Crippen LogP contribution in [-0.2, 0) is 0 Å². The maximum absolute atomic E-state index is 13.1. The highest BCUT2D eigenvalue weighted by Crippen LogP contribution is 2.28. The second kappa shape index (κ2) is 7.38. The van der Waals surface area contributed by atoms with Gasteiger partial charge in [0.05, 0.1) is 16.8 Å². The molecule has 5 aromatic rings. The number of fused-ring (bicyclic) bond motifs is 3. The molecule has 0 fully saturated rings. The minimum Gasteiger partial charge on any atom is -0.364 e.